The number of likely N-dealkylation sites (tertiary alicyclic amines) is 2. The number of pyridine rings is 1. The Balaban J connectivity index is 1.47. The molecule has 5 heterocycles. The molecule has 2 aliphatic heterocycles. The van der Waals surface area contributed by atoms with E-state index in [-0.39, 0.29) is 23.8 Å². The van der Waals surface area contributed by atoms with E-state index in [0.717, 1.165) is 11.3 Å². The van der Waals surface area contributed by atoms with Crippen molar-refractivity contribution in [2.45, 2.75) is 38.8 Å². The van der Waals surface area contributed by atoms with Crippen molar-refractivity contribution in [3.05, 3.63) is 66.3 Å². The highest BCUT2D eigenvalue weighted by atomic mass is 16.2. The number of imidazole rings is 1. The second-order valence-electron chi connectivity index (χ2n) is 9.45. The summed E-state index contributed by atoms with van der Waals surface area (Å²) < 4.78 is 3.68. The lowest BCUT2D eigenvalue weighted by Crippen LogP contribution is -2.40. The molecule has 33 heavy (non-hydrogen) atoms. The zero-order chi connectivity index (χ0) is 23.2. The number of aryl methyl sites for hydroxylation is 1. The van der Waals surface area contributed by atoms with Crippen LogP contribution in [0.5, 0.6) is 0 Å². The van der Waals surface area contributed by atoms with Crippen molar-refractivity contribution in [1.82, 2.24) is 34.1 Å². The van der Waals surface area contributed by atoms with Crippen LogP contribution in [0.15, 0.2) is 49.3 Å². The number of hydrogen-bond donors (Lipinski definition) is 0. The summed E-state index contributed by atoms with van der Waals surface area (Å²) in [4.78, 5) is 39.7. The van der Waals surface area contributed by atoms with Crippen molar-refractivity contribution in [2.24, 2.45) is 12.5 Å². The van der Waals surface area contributed by atoms with Crippen molar-refractivity contribution in [3.8, 4) is 0 Å². The molecule has 9 nitrogen and oxygen atoms in total. The van der Waals surface area contributed by atoms with Gasteiger partial charge in [0, 0.05) is 70.0 Å². The van der Waals surface area contributed by atoms with Gasteiger partial charge in [0.2, 0.25) is 5.91 Å². The maximum absolute atomic E-state index is 13.9. The number of hydrogen-bond acceptors (Lipinski definition) is 5. The average Bonchev–Trinajstić information content (AvgIpc) is 3.58. The van der Waals surface area contributed by atoms with Crippen LogP contribution in [0.2, 0.25) is 0 Å². The largest absolute Gasteiger partial charge is 0.338 e. The number of nitrogens with zero attached hydrogens (tertiary/aromatic N) is 7. The van der Waals surface area contributed by atoms with E-state index in [1.54, 1.807) is 41.3 Å². The summed E-state index contributed by atoms with van der Waals surface area (Å²) in [6.07, 6.45) is 9.84. The maximum Gasteiger partial charge on any atom is 0.274 e. The van der Waals surface area contributed by atoms with Gasteiger partial charge in [0.25, 0.3) is 5.91 Å². The van der Waals surface area contributed by atoms with Crippen LogP contribution in [0.1, 0.15) is 54.0 Å². The van der Waals surface area contributed by atoms with E-state index < -0.39 is 5.41 Å². The van der Waals surface area contributed by atoms with E-state index in [9.17, 15) is 9.59 Å². The monoisotopic (exact) mass is 447 g/mol. The van der Waals surface area contributed by atoms with Crippen molar-refractivity contribution < 1.29 is 9.59 Å². The van der Waals surface area contributed by atoms with Gasteiger partial charge in [0.15, 0.2) is 0 Å². The van der Waals surface area contributed by atoms with Gasteiger partial charge in [0.05, 0.1) is 17.4 Å². The predicted octanol–water partition coefficient (Wildman–Crippen LogP) is 2.25. The van der Waals surface area contributed by atoms with Crippen molar-refractivity contribution in [2.75, 3.05) is 19.6 Å². The van der Waals surface area contributed by atoms with E-state index >= 15 is 0 Å². The van der Waals surface area contributed by atoms with E-state index in [4.69, 9.17) is 0 Å². The van der Waals surface area contributed by atoms with Gasteiger partial charge in [-0.15, -0.1) is 0 Å². The van der Waals surface area contributed by atoms with Crippen LogP contribution in [0.4, 0.5) is 0 Å². The highest BCUT2D eigenvalue weighted by Crippen LogP contribution is 2.50. The molecule has 2 fully saturated rings. The average molecular weight is 448 g/mol. The first-order chi connectivity index (χ1) is 15.9. The molecule has 0 radical (unpaired) electrons. The van der Waals surface area contributed by atoms with Gasteiger partial charge in [-0.25, -0.2) is 4.98 Å². The molecule has 0 unspecified atom stereocenters. The minimum absolute atomic E-state index is 0.0896. The fourth-order valence-electron chi connectivity index (χ4n) is 5.14. The number of amides is 2. The fourth-order valence-corrected chi connectivity index (χ4v) is 5.14. The van der Waals surface area contributed by atoms with Crippen LogP contribution in [-0.2, 0) is 18.4 Å². The molecule has 2 saturated heterocycles. The molecule has 2 aliphatic rings. The minimum Gasteiger partial charge on any atom is -0.338 e. The maximum atomic E-state index is 13.9. The lowest BCUT2D eigenvalue weighted by molar-refractivity contribution is -0.136. The molecule has 2 atom stereocenters. The Hall–Kier alpha value is -3.49. The zero-order valence-electron chi connectivity index (χ0n) is 19.3. The van der Waals surface area contributed by atoms with Gasteiger partial charge < -0.3 is 14.4 Å². The highest BCUT2D eigenvalue weighted by Gasteiger charge is 2.58. The Kier molecular flexibility index (Phi) is 5.26. The Morgan fingerprint density at radius 2 is 2.15 bits per heavy atom. The molecule has 1 spiro atoms. The topological polar surface area (TPSA) is 89.2 Å². The van der Waals surface area contributed by atoms with E-state index in [1.807, 2.05) is 29.6 Å². The van der Waals surface area contributed by atoms with Gasteiger partial charge >= 0.3 is 0 Å². The summed E-state index contributed by atoms with van der Waals surface area (Å²) in [6, 6.07) is 5.87. The van der Waals surface area contributed by atoms with Crippen LogP contribution in [-0.4, -0.2) is 65.6 Å². The highest BCUT2D eigenvalue weighted by molar-refractivity contribution is 5.94. The van der Waals surface area contributed by atoms with Crippen molar-refractivity contribution >= 4 is 11.8 Å². The molecule has 2 amide bonds. The zero-order valence-corrected chi connectivity index (χ0v) is 19.3. The predicted molar refractivity (Wildman–Crippen MR) is 121 cm³/mol. The van der Waals surface area contributed by atoms with Crippen LogP contribution in [0.3, 0.4) is 0 Å². The summed E-state index contributed by atoms with van der Waals surface area (Å²) in [7, 11) is 1.79. The van der Waals surface area contributed by atoms with Crippen molar-refractivity contribution in [1.29, 1.82) is 0 Å². The summed E-state index contributed by atoms with van der Waals surface area (Å²) in [5.41, 5.74) is 1.60. The molecular weight excluding hydrogens is 418 g/mol. The standard InChI is InChI=1S/C24H29N7O2/c1-17(2)31-14-21(26-16-31)19-13-30(22(32)20-6-9-28(3)27-20)15-24(19)7-10-29(23(24)33)12-18-5-4-8-25-11-18/h4-6,8-9,11,14,16-17,19H,7,10,12-13,15H2,1-3H3/t19-,24+/m1/s1. The van der Waals surface area contributed by atoms with Gasteiger partial charge in [-0.2, -0.15) is 5.10 Å². The minimum atomic E-state index is -0.678. The summed E-state index contributed by atoms with van der Waals surface area (Å²) in [5, 5.41) is 4.29. The molecular formula is C24H29N7O2. The van der Waals surface area contributed by atoms with Gasteiger partial charge in [-0.1, -0.05) is 6.07 Å². The lowest BCUT2D eigenvalue weighted by atomic mass is 9.75. The molecule has 5 rings (SSSR count). The second kappa shape index (κ2) is 8.13. The molecule has 9 heteroatoms. The van der Waals surface area contributed by atoms with Gasteiger partial charge in [-0.05, 0) is 38.0 Å². The first kappa shape index (κ1) is 21.4. The second-order valence-corrected chi connectivity index (χ2v) is 9.45. The quantitative estimate of drug-likeness (QED) is 0.599. The van der Waals surface area contributed by atoms with Crippen LogP contribution >= 0.6 is 0 Å². The number of carbonyl (C=O) groups is 2. The molecule has 0 bridgehead atoms. The fraction of sp³-hybridized carbons (Fsp3) is 0.458. The van der Waals surface area contributed by atoms with Crippen LogP contribution in [0.25, 0.3) is 0 Å². The molecule has 3 aromatic heterocycles. The van der Waals surface area contributed by atoms with E-state index in [0.29, 0.717) is 38.3 Å². The molecule has 3 aromatic rings. The summed E-state index contributed by atoms with van der Waals surface area (Å²) >= 11 is 0. The summed E-state index contributed by atoms with van der Waals surface area (Å²) in [5.74, 6) is -0.206. The summed E-state index contributed by atoms with van der Waals surface area (Å²) in [6.45, 7) is 6.21. The van der Waals surface area contributed by atoms with Crippen LogP contribution < -0.4 is 0 Å². The van der Waals surface area contributed by atoms with Crippen LogP contribution in [0, 0.1) is 5.41 Å². The molecule has 0 saturated carbocycles. The first-order valence-electron chi connectivity index (χ1n) is 11.4. The van der Waals surface area contributed by atoms with Crippen molar-refractivity contribution in [3.63, 3.8) is 0 Å². The SMILES string of the molecule is CC(C)n1cnc([C@H]2CN(C(=O)c3ccn(C)n3)C[C@@]23CCN(Cc2cccnc2)C3=O)c1. The third-order valence-electron chi connectivity index (χ3n) is 6.97. The Morgan fingerprint density at radius 1 is 1.30 bits per heavy atom. The molecule has 0 aromatic carbocycles. The normalized spacial score (nSPS) is 22.8. The smallest absolute Gasteiger partial charge is 0.274 e. The van der Waals surface area contributed by atoms with E-state index in [1.165, 1.54) is 0 Å². The van der Waals surface area contributed by atoms with E-state index in [2.05, 4.69) is 33.5 Å². The lowest BCUT2D eigenvalue weighted by Gasteiger charge is -2.27. The molecule has 0 N–H and O–H groups in total. The van der Waals surface area contributed by atoms with Gasteiger partial charge in [-0.3, -0.25) is 19.3 Å². The number of rotatable bonds is 5. The molecule has 0 aliphatic carbocycles. The molecule has 172 valence electrons. The Bertz CT molecular complexity index is 1170. The number of aromatic nitrogens is 5. The first-order valence-corrected chi connectivity index (χ1v) is 11.4. The number of carbonyl (C=O) groups excluding carboxylic acids is 2. The van der Waals surface area contributed by atoms with Gasteiger partial charge in [0.1, 0.15) is 5.69 Å². The third kappa shape index (κ3) is 3.71. The Labute approximate surface area is 193 Å². The Morgan fingerprint density at radius 3 is 2.82 bits per heavy atom. The third-order valence-corrected chi connectivity index (χ3v) is 6.97.